The summed E-state index contributed by atoms with van der Waals surface area (Å²) in [6, 6.07) is 3.08. The first kappa shape index (κ1) is 12.8. The minimum absolute atomic E-state index is 0.0398. The van der Waals surface area contributed by atoms with Crippen LogP contribution < -0.4 is 10.5 Å². The number of hydrogen-bond donors (Lipinski definition) is 2. The van der Waals surface area contributed by atoms with Crippen LogP contribution in [0.25, 0.3) is 0 Å². The molecule has 2 bridgehead atoms. The number of nitrogen functional groups attached to an aromatic ring is 1. The summed E-state index contributed by atoms with van der Waals surface area (Å²) >= 11 is 0. The van der Waals surface area contributed by atoms with E-state index in [0.29, 0.717) is 6.42 Å². The molecule has 2 saturated heterocycles. The maximum Gasteiger partial charge on any atom is 0.243 e. The van der Waals surface area contributed by atoms with E-state index in [1.54, 1.807) is 0 Å². The van der Waals surface area contributed by atoms with Crippen molar-refractivity contribution in [2.24, 2.45) is 0 Å². The third kappa shape index (κ3) is 2.33. The van der Waals surface area contributed by atoms with Gasteiger partial charge in [0.1, 0.15) is 10.7 Å². The molecule has 19 heavy (non-hydrogen) atoms. The number of rotatable bonds is 3. The van der Waals surface area contributed by atoms with Crippen molar-refractivity contribution < 1.29 is 17.5 Å². The molecule has 3 atom stereocenters. The zero-order chi connectivity index (χ0) is 13.6. The molecular weight excluding hydrogens is 271 g/mol. The summed E-state index contributed by atoms with van der Waals surface area (Å²) in [7, 11) is -3.81. The van der Waals surface area contributed by atoms with Gasteiger partial charge in [0.05, 0.1) is 23.9 Å². The average molecular weight is 286 g/mol. The van der Waals surface area contributed by atoms with Gasteiger partial charge in [0.2, 0.25) is 10.0 Å². The Morgan fingerprint density at radius 2 is 2.16 bits per heavy atom. The largest absolute Gasteiger partial charge is 0.398 e. The predicted octanol–water partition coefficient (Wildman–Crippen LogP) is 1.01. The molecule has 3 unspecified atom stereocenters. The summed E-state index contributed by atoms with van der Waals surface area (Å²) in [6.45, 7) is 0. The van der Waals surface area contributed by atoms with Crippen LogP contribution in [0.15, 0.2) is 23.1 Å². The number of sulfonamides is 1. The molecule has 2 aliphatic rings. The van der Waals surface area contributed by atoms with E-state index < -0.39 is 15.8 Å². The predicted molar refractivity (Wildman–Crippen MR) is 67.4 cm³/mol. The molecule has 0 aliphatic carbocycles. The normalized spacial score (nSPS) is 29.8. The van der Waals surface area contributed by atoms with Gasteiger partial charge in [-0.15, -0.1) is 0 Å². The monoisotopic (exact) mass is 286 g/mol. The van der Waals surface area contributed by atoms with Crippen molar-refractivity contribution in [3.05, 3.63) is 24.0 Å². The van der Waals surface area contributed by atoms with Crippen molar-refractivity contribution in [1.82, 2.24) is 4.72 Å². The summed E-state index contributed by atoms with van der Waals surface area (Å²) in [5.74, 6) is -0.626. The first-order chi connectivity index (χ1) is 8.95. The van der Waals surface area contributed by atoms with Crippen molar-refractivity contribution in [2.45, 2.75) is 42.4 Å². The fourth-order valence-electron chi connectivity index (χ4n) is 2.77. The third-order valence-corrected chi connectivity index (χ3v) is 5.22. The van der Waals surface area contributed by atoms with E-state index in [2.05, 4.69) is 4.72 Å². The van der Waals surface area contributed by atoms with E-state index in [1.165, 1.54) is 6.07 Å². The molecule has 0 amide bonds. The molecule has 2 heterocycles. The number of fused-ring (bicyclic) bond motifs is 2. The van der Waals surface area contributed by atoms with Crippen LogP contribution in [0.5, 0.6) is 0 Å². The highest BCUT2D eigenvalue weighted by atomic mass is 32.2. The molecular formula is C12H15FN2O3S. The Labute approximate surface area is 111 Å². The highest BCUT2D eigenvalue weighted by molar-refractivity contribution is 7.89. The highest BCUT2D eigenvalue weighted by Crippen LogP contribution is 2.35. The van der Waals surface area contributed by atoms with Gasteiger partial charge in [-0.05, 0) is 37.5 Å². The Bertz CT molecular complexity index is 605. The van der Waals surface area contributed by atoms with Crippen molar-refractivity contribution in [2.75, 3.05) is 5.73 Å². The molecule has 0 aromatic heterocycles. The van der Waals surface area contributed by atoms with E-state index in [1.807, 2.05) is 0 Å². The standard InChI is InChI=1S/C12H15FN2O3S/c13-7-1-3-9(14)12(5-7)19(16,17)15-10-6-8-2-4-11(10)18-8/h1,3,5,8,10-11,15H,2,4,6,14H2. The van der Waals surface area contributed by atoms with Crippen LogP contribution >= 0.6 is 0 Å². The van der Waals surface area contributed by atoms with Crippen molar-refractivity contribution in [3.63, 3.8) is 0 Å². The molecule has 5 nitrogen and oxygen atoms in total. The van der Waals surface area contributed by atoms with E-state index in [4.69, 9.17) is 10.5 Å². The average Bonchev–Trinajstić information content (AvgIpc) is 2.93. The molecule has 3 N–H and O–H groups in total. The number of ether oxygens (including phenoxy) is 1. The summed E-state index contributed by atoms with van der Waals surface area (Å²) < 4.78 is 45.8. The number of hydrogen-bond acceptors (Lipinski definition) is 4. The number of benzene rings is 1. The lowest BCUT2D eigenvalue weighted by Gasteiger charge is -2.20. The quantitative estimate of drug-likeness (QED) is 0.812. The van der Waals surface area contributed by atoms with Crippen LogP contribution in [-0.2, 0) is 14.8 Å². The lowest BCUT2D eigenvalue weighted by molar-refractivity contribution is 0.0996. The molecule has 0 saturated carbocycles. The van der Waals surface area contributed by atoms with E-state index in [9.17, 15) is 12.8 Å². The third-order valence-electron chi connectivity index (χ3n) is 3.68. The van der Waals surface area contributed by atoms with Crippen molar-refractivity contribution >= 4 is 15.7 Å². The van der Waals surface area contributed by atoms with Crippen LogP contribution in [-0.4, -0.2) is 26.7 Å². The topological polar surface area (TPSA) is 81.4 Å². The molecule has 2 aliphatic heterocycles. The van der Waals surface area contributed by atoms with Gasteiger partial charge >= 0.3 is 0 Å². The first-order valence-electron chi connectivity index (χ1n) is 6.18. The van der Waals surface area contributed by atoms with Gasteiger partial charge < -0.3 is 10.5 Å². The first-order valence-corrected chi connectivity index (χ1v) is 7.67. The minimum atomic E-state index is -3.81. The lowest BCUT2D eigenvalue weighted by Crippen LogP contribution is -2.41. The Hall–Kier alpha value is -1.18. The Balaban J connectivity index is 1.85. The summed E-state index contributed by atoms with van der Waals surface area (Å²) in [6.07, 6.45) is 2.57. The van der Waals surface area contributed by atoms with Gasteiger partial charge in [-0.3, -0.25) is 0 Å². The molecule has 104 valence electrons. The van der Waals surface area contributed by atoms with Crippen molar-refractivity contribution in [3.8, 4) is 0 Å². The summed E-state index contributed by atoms with van der Waals surface area (Å²) in [5.41, 5.74) is 5.65. The second-order valence-electron chi connectivity index (χ2n) is 5.02. The van der Waals surface area contributed by atoms with E-state index in [-0.39, 0.29) is 28.8 Å². The number of halogens is 1. The maximum atomic E-state index is 13.2. The Kier molecular flexibility index (Phi) is 2.99. The SMILES string of the molecule is Nc1ccc(F)cc1S(=O)(=O)NC1CC2CCC1O2. The lowest BCUT2D eigenvalue weighted by atomic mass is 9.96. The van der Waals surface area contributed by atoms with Crippen LogP contribution in [0.1, 0.15) is 19.3 Å². The van der Waals surface area contributed by atoms with Gasteiger partial charge in [0, 0.05) is 0 Å². The number of nitrogens with one attached hydrogen (secondary N) is 1. The molecule has 7 heteroatoms. The zero-order valence-electron chi connectivity index (χ0n) is 10.2. The molecule has 2 fully saturated rings. The molecule has 1 aromatic carbocycles. The van der Waals surface area contributed by atoms with E-state index >= 15 is 0 Å². The van der Waals surface area contributed by atoms with Gasteiger partial charge in [-0.25, -0.2) is 17.5 Å². The summed E-state index contributed by atoms with van der Waals surface area (Å²) in [4.78, 5) is -0.213. The van der Waals surface area contributed by atoms with Gasteiger partial charge in [0.15, 0.2) is 0 Å². The van der Waals surface area contributed by atoms with Crippen LogP contribution in [0.3, 0.4) is 0 Å². The fourth-order valence-corrected chi connectivity index (χ4v) is 4.19. The van der Waals surface area contributed by atoms with E-state index in [0.717, 1.165) is 25.0 Å². The van der Waals surface area contributed by atoms with Crippen molar-refractivity contribution in [1.29, 1.82) is 0 Å². The van der Waals surface area contributed by atoms with Crippen LogP contribution in [0.2, 0.25) is 0 Å². The highest BCUT2D eigenvalue weighted by Gasteiger charge is 2.42. The van der Waals surface area contributed by atoms with Gasteiger partial charge in [-0.2, -0.15) is 0 Å². The fraction of sp³-hybridized carbons (Fsp3) is 0.500. The molecule has 0 spiro atoms. The maximum absolute atomic E-state index is 13.2. The van der Waals surface area contributed by atoms with Crippen LogP contribution in [0, 0.1) is 5.82 Å². The van der Waals surface area contributed by atoms with Gasteiger partial charge in [-0.1, -0.05) is 0 Å². The van der Waals surface area contributed by atoms with Crippen LogP contribution in [0.4, 0.5) is 10.1 Å². The smallest absolute Gasteiger partial charge is 0.243 e. The number of nitrogens with two attached hydrogens (primary N) is 1. The Morgan fingerprint density at radius 1 is 1.37 bits per heavy atom. The molecule has 1 aromatic rings. The second kappa shape index (κ2) is 4.43. The Morgan fingerprint density at radius 3 is 2.79 bits per heavy atom. The summed E-state index contributed by atoms with van der Waals surface area (Å²) in [5, 5.41) is 0. The van der Waals surface area contributed by atoms with Gasteiger partial charge in [0.25, 0.3) is 0 Å². The number of anilines is 1. The molecule has 0 radical (unpaired) electrons. The minimum Gasteiger partial charge on any atom is -0.398 e. The molecule has 3 rings (SSSR count). The zero-order valence-corrected chi connectivity index (χ0v) is 11.0. The second-order valence-corrected chi connectivity index (χ2v) is 6.70.